The van der Waals surface area contributed by atoms with E-state index in [1.165, 1.54) is 35.2 Å². The number of carbonyl (C=O) groups is 1. The number of aromatic nitrogens is 1. The Morgan fingerprint density at radius 2 is 1.97 bits per heavy atom. The fraction of sp³-hybridized carbons (Fsp3) is 0.0455. The first-order valence-corrected chi connectivity index (χ1v) is 11.1. The zero-order chi connectivity index (χ0) is 20.9. The summed E-state index contributed by atoms with van der Waals surface area (Å²) in [5.74, 6) is -0.587. The Labute approximate surface area is 185 Å². The summed E-state index contributed by atoms with van der Waals surface area (Å²) in [5.41, 5.74) is 2.80. The second-order valence-corrected chi connectivity index (χ2v) is 8.95. The topological polar surface area (TPSA) is 54.4 Å². The van der Waals surface area contributed by atoms with E-state index in [1.807, 2.05) is 42.5 Å². The number of thioether (sulfide) groups is 1. The average molecular weight is 456 g/mol. The van der Waals surface area contributed by atoms with Crippen molar-refractivity contribution in [1.82, 2.24) is 4.98 Å². The number of rotatable bonds is 6. The van der Waals surface area contributed by atoms with Crippen LogP contribution in [0.15, 0.2) is 76.1 Å². The van der Waals surface area contributed by atoms with Crippen molar-refractivity contribution in [1.29, 1.82) is 0 Å². The van der Waals surface area contributed by atoms with Gasteiger partial charge in [0.2, 0.25) is 5.91 Å². The fourth-order valence-electron chi connectivity index (χ4n) is 2.61. The molecule has 30 heavy (non-hydrogen) atoms. The van der Waals surface area contributed by atoms with E-state index in [1.54, 1.807) is 18.3 Å². The molecule has 0 aliphatic heterocycles. The first-order chi connectivity index (χ1) is 14.6. The Balaban J connectivity index is 1.40. The minimum atomic E-state index is -0.456. The summed E-state index contributed by atoms with van der Waals surface area (Å²) in [6, 6.07) is 19.3. The van der Waals surface area contributed by atoms with Gasteiger partial charge in [0.1, 0.15) is 5.82 Å². The molecule has 8 heteroatoms. The van der Waals surface area contributed by atoms with Gasteiger partial charge in [-0.1, -0.05) is 47.6 Å². The number of carbonyl (C=O) groups excluding carboxylic acids is 1. The van der Waals surface area contributed by atoms with Crippen molar-refractivity contribution in [2.45, 2.75) is 4.34 Å². The summed E-state index contributed by atoms with van der Waals surface area (Å²) in [4.78, 5) is 21.1. The molecule has 0 bridgehead atoms. The number of nitrogens with zero attached hydrogens (tertiary/aromatic N) is 2. The quantitative estimate of drug-likeness (QED) is 0.264. The molecule has 0 radical (unpaired) electrons. The number of benzene rings is 3. The van der Waals surface area contributed by atoms with Crippen LogP contribution in [-0.4, -0.2) is 22.9 Å². The summed E-state index contributed by atoms with van der Waals surface area (Å²) < 4.78 is 15.4. The number of hydrogen-bond acceptors (Lipinski definition) is 5. The Kier molecular flexibility index (Phi) is 6.42. The lowest BCUT2D eigenvalue weighted by molar-refractivity contribution is -0.113. The Bertz CT molecular complexity index is 1220. The zero-order valence-electron chi connectivity index (χ0n) is 15.5. The molecule has 4 rings (SSSR count). The highest BCUT2D eigenvalue weighted by atomic mass is 35.5. The van der Waals surface area contributed by atoms with Crippen LogP contribution < -0.4 is 5.32 Å². The number of para-hydroxylation sites is 1. The molecule has 1 aromatic heterocycles. The number of amides is 1. The third-order valence-electron chi connectivity index (χ3n) is 4.06. The van der Waals surface area contributed by atoms with Crippen LogP contribution in [0, 0.1) is 5.82 Å². The van der Waals surface area contributed by atoms with Gasteiger partial charge in [-0.2, -0.15) is 0 Å². The van der Waals surface area contributed by atoms with Crippen molar-refractivity contribution in [3.63, 3.8) is 0 Å². The summed E-state index contributed by atoms with van der Waals surface area (Å²) in [5, 5.41) is 3.26. The van der Waals surface area contributed by atoms with E-state index < -0.39 is 5.82 Å². The molecule has 0 saturated carbocycles. The van der Waals surface area contributed by atoms with Gasteiger partial charge in [-0.15, -0.1) is 11.3 Å². The predicted molar refractivity (Wildman–Crippen MR) is 124 cm³/mol. The molecular weight excluding hydrogens is 441 g/mol. The van der Waals surface area contributed by atoms with Crippen molar-refractivity contribution in [3.05, 3.63) is 83.1 Å². The monoisotopic (exact) mass is 455 g/mol. The SMILES string of the molecule is O=C(CSc1nc2ccc(N=Cc3ccc(Cl)cc3)cc2s1)Nc1ccccc1F. The number of halogens is 2. The molecule has 3 aromatic carbocycles. The fourth-order valence-corrected chi connectivity index (χ4v) is 4.64. The van der Waals surface area contributed by atoms with Crippen molar-refractivity contribution in [3.8, 4) is 0 Å². The summed E-state index contributed by atoms with van der Waals surface area (Å²) >= 11 is 8.71. The number of fused-ring (bicyclic) bond motifs is 1. The van der Waals surface area contributed by atoms with Gasteiger partial charge in [-0.25, -0.2) is 9.37 Å². The smallest absolute Gasteiger partial charge is 0.234 e. The van der Waals surface area contributed by atoms with Crippen LogP contribution in [0.5, 0.6) is 0 Å². The summed E-state index contributed by atoms with van der Waals surface area (Å²) in [6.45, 7) is 0. The van der Waals surface area contributed by atoms with Crippen LogP contribution in [-0.2, 0) is 4.79 Å². The van der Waals surface area contributed by atoms with Gasteiger partial charge in [0.05, 0.1) is 27.3 Å². The van der Waals surface area contributed by atoms with Crippen LogP contribution in [0.4, 0.5) is 15.8 Å². The molecule has 0 fully saturated rings. The lowest BCUT2D eigenvalue weighted by Crippen LogP contribution is -2.14. The normalized spacial score (nSPS) is 11.3. The molecule has 0 aliphatic carbocycles. The number of thiazole rings is 1. The highest BCUT2D eigenvalue weighted by Crippen LogP contribution is 2.32. The lowest BCUT2D eigenvalue weighted by atomic mass is 10.2. The van der Waals surface area contributed by atoms with Crippen LogP contribution in [0.25, 0.3) is 10.2 Å². The molecule has 1 amide bonds. The number of aliphatic imine (C=N–C) groups is 1. The minimum Gasteiger partial charge on any atom is -0.323 e. The standard InChI is InChI=1S/C22H15ClFN3OS2/c23-15-7-5-14(6-8-15)12-25-16-9-10-19-20(11-16)30-22(27-19)29-13-21(28)26-18-4-2-1-3-17(18)24/h1-12H,13H2,(H,26,28). The zero-order valence-corrected chi connectivity index (χ0v) is 17.9. The van der Waals surface area contributed by atoms with E-state index in [-0.39, 0.29) is 17.3 Å². The number of nitrogens with one attached hydrogen (secondary N) is 1. The lowest BCUT2D eigenvalue weighted by Gasteiger charge is -2.04. The number of anilines is 1. The van der Waals surface area contributed by atoms with Gasteiger partial charge in [-0.05, 0) is 48.0 Å². The van der Waals surface area contributed by atoms with E-state index in [9.17, 15) is 9.18 Å². The van der Waals surface area contributed by atoms with Crippen LogP contribution in [0.2, 0.25) is 5.02 Å². The van der Waals surface area contributed by atoms with Gasteiger partial charge in [0.25, 0.3) is 0 Å². The first-order valence-electron chi connectivity index (χ1n) is 8.94. The molecule has 4 nitrogen and oxygen atoms in total. The molecule has 0 aliphatic rings. The van der Waals surface area contributed by atoms with Gasteiger partial charge in [0.15, 0.2) is 4.34 Å². The van der Waals surface area contributed by atoms with E-state index in [4.69, 9.17) is 11.6 Å². The number of hydrogen-bond donors (Lipinski definition) is 1. The van der Waals surface area contributed by atoms with Gasteiger partial charge in [0, 0.05) is 11.2 Å². The van der Waals surface area contributed by atoms with Crippen LogP contribution in [0.3, 0.4) is 0 Å². The molecule has 0 spiro atoms. The largest absolute Gasteiger partial charge is 0.323 e. The summed E-state index contributed by atoms with van der Waals surface area (Å²) in [7, 11) is 0. The molecule has 1 heterocycles. The molecule has 150 valence electrons. The van der Waals surface area contributed by atoms with E-state index >= 15 is 0 Å². The van der Waals surface area contributed by atoms with E-state index in [0.717, 1.165) is 25.8 Å². The van der Waals surface area contributed by atoms with Gasteiger partial charge in [-0.3, -0.25) is 9.79 Å². The Morgan fingerprint density at radius 1 is 1.17 bits per heavy atom. The minimum absolute atomic E-state index is 0.149. The molecule has 4 aromatic rings. The highest BCUT2D eigenvalue weighted by Gasteiger charge is 2.10. The van der Waals surface area contributed by atoms with Crippen molar-refractivity contribution in [2.24, 2.45) is 4.99 Å². The maximum absolute atomic E-state index is 13.6. The van der Waals surface area contributed by atoms with Crippen molar-refractivity contribution < 1.29 is 9.18 Å². The third kappa shape index (κ3) is 5.24. The molecule has 1 N–H and O–H groups in total. The highest BCUT2D eigenvalue weighted by molar-refractivity contribution is 8.01. The second-order valence-electron chi connectivity index (χ2n) is 6.26. The third-order valence-corrected chi connectivity index (χ3v) is 6.47. The Hall–Kier alpha value is -2.74. The molecule has 0 atom stereocenters. The van der Waals surface area contributed by atoms with E-state index in [2.05, 4.69) is 15.3 Å². The second kappa shape index (κ2) is 9.38. The molecule has 0 unspecified atom stereocenters. The van der Waals surface area contributed by atoms with Crippen LogP contribution >= 0.6 is 34.7 Å². The van der Waals surface area contributed by atoms with Gasteiger partial charge < -0.3 is 5.32 Å². The summed E-state index contributed by atoms with van der Waals surface area (Å²) in [6.07, 6.45) is 1.78. The predicted octanol–water partition coefficient (Wildman–Crippen LogP) is 6.57. The maximum Gasteiger partial charge on any atom is 0.234 e. The van der Waals surface area contributed by atoms with Crippen molar-refractivity contribution in [2.75, 3.05) is 11.1 Å². The average Bonchev–Trinajstić information content (AvgIpc) is 3.16. The molecule has 0 saturated heterocycles. The molecular formula is C22H15ClFN3OS2. The Morgan fingerprint density at radius 3 is 2.77 bits per heavy atom. The van der Waals surface area contributed by atoms with Crippen molar-refractivity contribution >= 4 is 68.4 Å². The van der Waals surface area contributed by atoms with Gasteiger partial charge >= 0.3 is 0 Å². The van der Waals surface area contributed by atoms with Crippen LogP contribution in [0.1, 0.15) is 5.56 Å². The maximum atomic E-state index is 13.6. The first kappa shape index (κ1) is 20.5. The van der Waals surface area contributed by atoms with E-state index in [0.29, 0.717) is 5.02 Å².